The van der Waals surface area contributed by atoms with Gasteiger partial charge in [-0.05, 0) is 18.2 Å². The first-order valence-electron chi connectivity index (χ1n) is 7.25. The topological polar surface area (TPSA) is 81.9 Å². The number of hydrogen-bond acceptors (Lipinski definition) is 6. The number of nitrogens with zero attached hydrogens (tertiary/aromatic N) is 2. The van der Waals surface area contributed by atoms with Crippen LogP contribution in [0.15, 0.2) is 36.0 Å². The second-order valence-corrected chi connectivity index (χ2v) is 6.34. The summed E-state index contributed by atoms with van der Waals surface area (Å²) >= 11 is 7.46. The average molecular weight is 380 g/mol. The van der Waals surface area contributed by atoms with E-state index < -0.39 is 11.9 Å². The molecule has 0 aliphatic heterocycles. The molecule has 0 saturated carbocycles. The van der Waals surface area contributed by atoms with Crippen molar-refractivity contribution in [2.24, 2.45) is 0 Å². The molecule has 0 fully saturated rings. The van der Waals surface area contributed by atoms with Crippen molar-refractivity contribution in [1.29, 1.82) is 0 Å². The number of hydrogen-bond donors (Lipinski definition) is 1. The average Bonchev–Trinajstić information content (AvgIpc) is 3.14. The predicted octanol–water partition coefficient (Wildman–Crippen LogP) is 2.78. The van der Waals surface area contributed by atoms with E-state index in [0.29, 0.717) is 22.2 Å². The fourth-order valence-corrected chi connectivity index (χ4v) is 3.12. The maximum Gasteiger partial charge on any atom is 0.312 e. The van der Waals surface area contributed by atoms with Gasteiger partial charge in [-0.1, -0.05) is 11.6 Å². The molecule has 1 aromatic carbocycles. The molecule has 2 aromatic heterocycles. The van der Waals surface area contributed by atoms with Crippen molar-refractivity contribution in [2.75, 3.05) is 19.0 Å². The second kappa shape index (κ2) is 7.54. The zero-order valence-corrected chi connectivity index (χ0v) is 14.8. The van der Waals surface area contributed by atoms with Gasteiger partial charge in [0.2, 0.25) is 0 Å². The van der Waals surface area contributed by atoms with E-state index in [9.17, 15) is 9.59 Å². The van der Waals surface area contributed by atoms with Crippen LogP contribution in [0.25, 0.3) is 4.96 Å². The van der Waals surface area contributed by atoms with E-state index in [1.807, 2.05) is 16.0 Å². The molecular formula is C16H14ClN3O4S. The fourth-order valence-electron chi connectivity index (χ4n) is 2.15. The largest absolute Gasteiger partial charge is 0.495 e. The standard InChI is InChI=1S/C16H14ClN3O4S/c1-23-13-3-2-10(6-12(13)17)18-14(21)9-24-15(22)7-11-8-20-4-5-25-16(20)19-11/h2-6,8H,7,9H2,1H3,(H,18,21). The Morgan fingerprint density at radius 1 is 1.40 bits per heavy atom. The Morgan fingerprint density at radius 2 is 2.24 bits per heavy atom. The Kier molecular flexibility index (Phi) is 5.20. The summed E-state index contributed by atoms with van der Waals surface area (Å²) in [6.07, 6.45) is 3.62. The Hall–Kier alpha value is -2.58. The molecule has 1 N–H and O–H groups in total. The van der Waals surface area contributed by atoms with E-state index in [1.54, 1.807) is 24.4 Å². The number of amides is 1. The second-order valence-electron chi connectivity index (χ2n) is 5.06. The fraction of sp³-hybridized carbons (Fsp3) is 0.188. The van der Waals surface area contributed by atoms with Gasteiger partial charge in [0.15, 0.2) is 11.6 Å². The summed E-state index contributed by atoms with van der Waals surface area (Å²) in [7, 11) is 1.50. The lowest BCUT2D eigenvalue weighted by Gasteiger charge is -2.08. The molecule has 0 spiro atoms. The highest BCUT2D eigenvalue weighted by molar-refractivity contribution is 7.15. The molecule has 25 heavy (non-hydrogen) atoms. The number of methoxy groups -OCH3 is 1. The van der Waals surface area contributed by atoms with Crippen molar-refractivity contribution in [3.05, 3.63) is 46.7 Å². The van der Waals surface area contributed by atoms with Crippen molar-refractivity contribution in [1.82, 2.24) is 9.38 Å². The zero-order chi connectivity index (χ0) is 17.8. The van der Waals surface area contributed by atoms with Gasteiger partial charge in [-0.2, -0.15) is 0 Å². The highest BCUT2D eigenvalue weighted by Gasteiger charge is 2.12. The van der Waals surface area contributed by atoms with Gasteiger partial charge in [0.1, 0.15) is 5.75 Å². The Bertz CT molecular complexity index is 893. The number of anilines is 1. The third-order valence-electron chi connectivity index (χ3n) is 3.27. The summed E-state index contributed by atoms with van der Waals surface area (Å²) < 4.78 is 11.8. The van der Waals surface area contributed by atoms with Gasteiger partial charge in [-0.25, -0.2) is 4.98 Å². The number of thiazole rings is 1. The summed E-state index contributed by atoms with van der Waals surface area (Å²) in [4.78, 5) is 28.8. The van der Waals surface area contributed by atoms with Gasteiger partial charge in [0.25, 0.3) is 5.91 Å². The molecule has 0 aliphatic carbocycles. The molecule has 1 amide bonds. The molecule has 0 aliphatic rings. The Labute approximate surface area is 152 Å². The number of aromatic nitrogens is 2. The number of rotatable bonds is 6. The highest BCUT2D eigenvalue weighted by Crippen LogP contribution is 2.27. The van der Waals surface area contributed by atoms with Crippen LogP contribution < -0.4 is 10.1 Å². The van der Waals surface area contributed by atoms with E-state index >= 15 is 0 Å². The van der Waals surface area contributed by atoms with Gasteiger partial charge in [-0.3, -0.25) is 14.0 Å². The van der Waals surface area contributed by atoms with E-state index in [0.717, 1.165) is 4.96 Å². The van der Waals surface area contributed by atoms with Crippen LogP contribution in [0, 0.1) is 0 Å². The smallest absolute Gasteiger partial charge is 0.312 e. The number of imidazole rings is 1. The van der Waals surface area contributed by atoms with Crippen LogP contribution in [0.1, 0.15) is 5.69 Å². The number of carbonyl (C=O) groups is 2. The van der Waals surface area contributed by atoms with Gasteiger partial charge >= 0.3 is 5.97 Å². The van der Waals surface area contributed by atoms with Crippen LogP contribution in [-0.2, 0) is 20.7 Å². The molecule has 0 atom stereocenters. The SMILES string of the molecule is COc1ccc(NC(=O)COC(=O)Cc2cn3ccsc3n2)cc1Cl. The first-order valence-corrected chi connectivity index (χ1v) is 8.51. The monoisotopic (exact) mass is 379 g/mol. The molecule has 9 heteroatoms. The van der Waals surface area contributed by atoms with Gasteiger partial charge in [0, 0.05) is 23.5 Å². The van der Waals surface area contributed by atoms with Crippen molar-refractivity contribution >= 4 is 45.5 Å². The van der Waals surface area contributed by atoms with Crippen LogP contribution in [-0.4, -0.2) is 35.0 Å². The predicted molar refractivity (Wildman–Crippen MR) is 94.4 cm³/mol. The third-order valence-corrected chi connectivity index (χ3v) is 4.33. The van der Waals surface area contributed by atoms with Gasteiger partial charge in [-0.15, -0.1) is 11.3 Å². The van der Waals surface area contributed by atoms with Crippen LogP contribution in [0.2, 0.25) is 5.02 Å². The molecule has 3 aromatic rings. The molecular weight excluding hydrogens is 366 g/mol. The molecule has 7 nitrogen and oxygen atoms in total. The van der Waals surface area contributed by atoms with E-state index in [4.69, 9.17) is 21.1 Å². The zero-order valence-electron chi connectivity index (χ0n) is 13.2. The first-order chi connectivity index (χ1) is 12.0. The maximum atomic E-state index is 11.9. The quantitative estimate of drug-likeness (QED) is 0.666. The molecule has 0 radical (unpaired) electrons. The Morgan fingerprint density at radius 3 is 2.96 bits per heavy atom. The molecule has 2 heterocycles. The number of fused-ring (bicyclic) bond motifs is 1. The minimum Gasteiger partial charge on any atom is -0.495 e. The van der Waals surface area contributed by atoms with Gasteiger partial charge < -0.3 is 14.8 Å². The van der Waals surface area contributed by atoms with Crippen LogP contribution in [0.5, 0.6) is 5.75 Å². The van der Waals surface area contributed by atoms with Crippen LogP contribution in [0.3, 0.4) is 0 Å². The molecule has 130 valence electrons. The molecule has 3 rings (SSSR count). The maximum absolute atomic E-state index is 11.9. The lowest BCUT2D eigenvalue weighted by Crippen LogP contribution is -2.21. The highest BCUT2D eigenvalue weighted by atomic mass is 35.5. The normalized spacial score (nSPS) is 10.6. The van der Waals surface area contributed by atoms with E-state index in [-0.39, 0.29) is 13.0 Å². The number of ether oxygens (including phenoxy) is 2. The van der Waals surface area contributed by atoms with Crippen LogP contribution in [0.4, 0.5) is 5.69 Å². The van der Waals surface area contributed by atoms with Crippen LogP contribution >= 0.6 is 22.9 Å². The number of benzene rings is 1. The van der Waals surface area contributed by atoms with Crippen molar-refractivity contribution in [3.8, 4) is 5.75 Å². The summed E-state index contributed by atoms with van der Waals surface area (Å²) in [6, 6.07) is 4.83. The molecule has 0 bridgehead atoms. The summed E-state index contributed by atoms with van der Waals surface area (Å²) in [5, 5.41) is 4.87. The van der Waals surface area contributed by atoms with E-state index in [2.05, 4.69) is 10.3 Å². The van der Waals surface area contributed by atoms with Crippen molar-refractivity contribution in [2.45, 2.75) is 6.42 Å². The summed E-state index contributed by atoms with van der Waals surface area (Å²) in [5.74, 6) is -0.472. The number of esters is 1. The molecule has 0 unspecified atom stereocenters. The third kappa shape index (κ3) is 4.28. The van der Waals surface area contributed by atoms with E-state index in [1.165, 1.54) is 18.4 Å². The number of carbonyl (C=O) groups excluding carboxylic acids is 2. The van der Waals surface area contributed by atoms with Crippen molar-refractivity contribution < 1.29 is 19.1 Å². The van der Waals surface area contributed by atoms with Gasteiger partial charge in [0.05, 0.1) is 24.2 Å². The number of halogens is 1. The summed E-state index contributed by atoms with van der Waals surface area (Å²) in [6.45, 7) is -0.384. The lowest BCUT2D eigenvalue weighted by atomic mass is 10.3. The van der Waals surface area contributed by atoms with Crippen molar-refractivity contribution in [3.63, 3.8) is 0 Å². The number of nitrogens with one attached hydrogen (secondary N) is 1. The summed E-state index contributed by atoms with van der Waals surface area (Å²) in [5.41, 5.74) is 1.08. The minimum atomic E-state index is -0.520. The first kappa shape index (κ1) is 17.2. The molecule has 0 saturated heterocycles. The Balaban J connectivity index is 1.48. The lowest BCUT2D eigenvalue weighted by molar-refractivity contribution is -0.146. The minimum absolute atomic E-state index is 0.00996.